The van der Waals surface area contributed by atoms with E-state index in [-0.39, 0.29) is 5.04 Å². The van der Waals surface area contributed by atoms with E-state index in [9.17, 15) is 5.11 Å². The lowest BCUT2D eigenvalue weighted by Crippen LogP contribution is -2.40. The summed E-state index contributed by atoms with van der Waals surface area (Å²) in [6, 6.07) is 0. The molecule has 0 heterocycles. The summed E-state index contributed by atoms with van der Waals surface area (Å²) >= 11 is 0. The van der Waals surface area contributed by atoms with Crippen LogP contribution in [0.25, 0.3) is 0 Å². The van der Waals surface area contributed by atoms with Crippen LogP contribution in [0.1, 0.15) is 27.2 Å². The highest BCUT2D eigenvalue weighted by molar-refractivity contribution is 6.74. The van der Waals surface area contributed by atoms with E-state index in [0.717, 1.165) is 0 Å². The molecular weight excluding hydrogens is 216 g/mol. The molecule has 92 valence electrons. The SMILES string of the molecule is C=CCC(O)C#CCO[Si](C)(C)C(C)(C)C. The second kappa shape index (κ2) is 6.24. The highest BCUT2D eigenvalue weighted by Crippen LogP contribution is 2.36. The molecule has 0 saturated carbocycles. The van der Waals surface area contributed by atoms with Crippen LogP contribution in [0.3, 0.4) is 0 Å². The molecule has 0 amide bonds. The van der Waals surface area contributed by atoms with E-state index in [0.29, 0.717) is 13.0 Å². The van der Waals surface area contributed by atoms with Gasteiger partial charge < -0.3 is 9.53 Å². The maximum Gasteiger partial charge on any atom is 0.193 e. The molecular formula is C13H24O2Si. The Morgan fingerprint density at radius 3 is 2.44 bits per heavy atom. The van der Waals surface area contributed by atoms with Crippen LogP contribution >= 0.6 is 0 Å². The topological polar surface area (TPSA) is 29.5 Å². The fraction of sp³-hybridized carbons (Fsp3) is 0.692. The predicted molar refractivity (Wildman–Crippen MR) is 71.7 cm³/mol. The number of aliphatic hydroxyl groups is 1. The zero-order chi connectivity index (χ0) is 12.8. The zero-order valence-corrected chi connectivity index (χ0v) is 12.1. The maximum atomic E-state index is 9.35. The molecule has 0 bridgehead atoms. The number of hydrogen-bond donors (Lipinski definition) is 1. The Morgan fingerprint density at radius 2 is 2.00 bits per heavy atom. The van der Waals surface area contributed by atoms with E-state index in [1.165, 1.54) is 0 Å². The third-order valence-corrected chi connectivity index (χ3v) is 7.45. The standard InChI is InChI=1S/C13H24O2Si/c1-7-9-12(14)10-8-11-15-16(5,6)13(2,3)4/h7,12,14H,1,9,11H2,2-6H3. The molecule has 0 aromatic heterocycles. The summed E-state index contributed by atoms with van der Waals surface area (Å²) in [6.45, 7) is 14.9. The van der Waals surface area contributed by atoms with Gasteiger partial charge in [-0.15, -0.1) is 6.58 Å². The van der Waals surface area contributed by atoms with Gasteiger partial charge in [-0.2, -0.15) is 0 Å². The summed E-state index contributed by atoms with van der Waals surface area (Å²) in [4.78, 5) is 0. The molecule has 1 unspecified atom stereocenters. The van der Waals surface area contributed by atoms with E-state index in [1.807, 2.05) is 0 Å². The normalized spacial score (nSPS) is 13.9. The van der Waals surface area contributed by atoms with Crippen molar-refractivity contribution in [2.75, 3.05) is 6.61 Å². The Morgan fingerprint density at radius 1 is 1.44 bits per heavy atom. The van der Waals surface area contributed by atoms with Gasteiger partial charge in [0.15, 0.2) is 8.32 Å². The first-order valence-electron chi connectivity index (χ1n) is 5.62. The minimum Gasteiger partial charge on any atom is -0.406 e. The van der Waals surface area contributed by atoms with Crippen molar-refractivity contribution in [2.45, 2.75) is 51.4 Å². The lowest BCUT2D eigenvalue weighted by Gasteiger charge is -2.35. The van der Waals surface area contributed by atoms with Crippen LogP contribution in [0.4, 0.5) is 0 Å². The van der Waals surface area contributed by atoms with Crippen molar-refractivity contribution in [3.63, 3.8) is 0 Å². The van der Waals surface area contributed by atoms with Crippen LogP contribution in [0.15, 0.2) is 12.7 Å². The Balaban J connectivity index is 4.12. The van der Waals surface area contributed by atoms with Gasteiger partial charge in [-0.25, -0.2) is 0 Å². The molecule has 0 aliphatic heterocycles. The van der Waals surface area contributed by atoms with Gasteiger partial charge in [0.25, 0.3) is 0 Å². The first kappa shape index (κ1) is 15.4. The Bertz CT molecular complexity index is 279. The van der Waals surface area contributed by atoms with Gasteiger partial charge in [0.05, 0.1) is 6.61 Å². The molecule has 0 rings (SSSR count). The summed E-state index contributed by atoms with van der Waals surface area (Å²) in [5, 5.41) is 9.55. The quantitative estimate of drug-likeness (QED) is 0.465. The van der Waals surface area contributed by atoms with E-state index in [4.69, 9.17) is 4.43 Å². The fourth-order valence-electron chi connectivity index (χ4n) is 0.809. The first-order valence-corrected chi connectivity index (χ1v) is 8.53. The Labute approximate surface area is 101 Å². The minimum absolute atomic E-state index is 0.203. The molecule has 0 radical (unpaired) electrons. The van der Waals surface area contributed by atoms with E-state index in [2.05, 4.69) is 52.3 Å². The van der Waals surface area contributed by atoms with Crippen molar-refractivity contribution in [3.8, 4) is 11.8 Å². The molecule has 0 fully saturated rings. The van der Waals surface area contributed by atoms with Gasteiger partial charge in [-0.05, 0) is 18.1 Å². The molecule has 0 aromatic carbocycles. The monoisotopic (exact) mass is 240 g/mol. The average Bonchev–Trinajstić information content (AvgIpc) is 2.11. The number of hydrogen-bond acceptors (Lipinski definition) is 2. The third kappa shape index (κ3) is 5.50. The average molecular weight is 240 g/mol. The van der Waals surface area contributed by atoms with E-state index < -0.39 is 14.4 Å². The predicted octanol–water partition coefficient (Wildman–Crippen LogP) is 2.95. The Hall–Kier alpha value is -0.563. The van der Waals surface area contributed by atoms with Crippen LogP contribution in [0.2, 0.25) is 18.1 Å². The van der Waals surface area contributed by atoms with Crippen LogP contribution in [0, 0.1) is 11.8 Å². The minimum atomic E-state index is -1.70. The van der Waals surface area contributed by atoms with Gasteiger partial charge in [0.1, 0.15) is 6.10 Å². The van der Waals surface area contributed by atoms with Crippen LogP contribution in [-0.2, 0) is 4.43 Å². The molecule has 0 aromatic rings. The fourth-order valence-corrected chi connectivity index (χ4v) is 1.68. The van der Waals surface area contributed by atoms with Crippen molar-refractivity contribution < 1.29 is 9.53 Å². The van der Waals surface area contributed by atoms with Gasteiger partial charge in [0.2, 0.25) is 0 Å². The van der Waals surface area contributed by atoms with E-state index >= 15 is 0 Å². The number of rotatable bonds is 4. The Kier molecular flexibility index (Phi) is 6.02. The molecule has 16 heavy (non-hydrogen) atoms. The highest BCUT2D eigenvalue weighted by Gasteiger charge is 2.36. The molecule has 0 spiro atoms. The van der Waals surface area contributed by atoms with Crippen molar-refractivity contribution in [1.29, 1.82) is 0 Å². The van der Waals surface area contributed by atoms with Crippen LogP contribution < -0.4 is 0 Å². The summed E-state index contributed by atoms with van der Waals surface area (Å²) in [5.41, 5.74) is 0. The molecule has 1 N–H and O–H groups in total. The largest absolute Gasteiger partial charge is 0.406 e. The van der Waals surface area contributed by atoms with Crippen molar-refractivity contribution in [1.82, 2.24) is 0 Å². The third-order valence-electron chi connectivity index (χ3n) is 2.97. The van der Waals surface area contributed by atoms with E-state index in [1.54, 1.807) is 6.08 Å². The molecule has 0 saturated heterocycles. The second-order valence-electron chi connectivity index (χ2n) is 5.41. The molecule has 0 aliphatic rings. The lowest BCUT2D eigenvalue weighted by molar-refractivity contribution is 0.236. The van der Waals surface area contributed by atoms with Gasteiger partial charge in [0, 0.05) is 6.42 Å². The maximum absolute atomic E-state index is 9.35. The highest BCUT2D eigenvalue weighted by atomic mass is 28.4. The summed E-state index contributed by atoms with van der Waals surface area (Å²) in [7, 11) is -1.70. The number of aliphatic hydroxyl groups excluding tert-OH is 1. The molecule has 0 aliphatic carbocycles. The van der Waals surface area contributed by atoms with Crippen molar-refractivity contribution in [2.24, 2.45) is 0 Å². The molecule has 1 atom stereocenters. The first-order chi connectivity index (χ1) is 7.20. The lowest BCUT2D eigenvalue weighted by atomic mass is 10.2. The van der Waals surface area contributed by atoms with Gasteiger partial charge in [-0.3, -0.25) is 0 Å². The van der Waals surface area contributed by atoms with Gasteiger partial charge in [-0.1, -0.05) is 38.7 Å². The molecule has 2 nitrogen and oxygen atoms in total. The molecule has 3 heteroatoms. The van der Waals surface area contributed by atoms with Crippen LogP contribution in [-0.4, -0.2) is 26.1 Å². The zero-order valence-electron chi connectivity index (χ0n) is 11.1. The van der Waals surface area contributed by atoms with Crippen molar-refractivity contribution in [3.05, 3.63) is 12.7 Å². The summed E-state index contributed by atoms with van der Waals surface area (Å²) in [5.74, 6) is 5.60. The summed E-state index contributed by atoms with van der Waals surface area (Å²) in [6.07, 6.45) is 1.56. The van der Waals surface area contributed by atoms with Gasteiger partial charge >= 0.3 is 0 Å². The summed E-state index contributed by atoms with van der Waals surface area (Å²) < 4.78 is 5.85. The smallest absolute Gasteiger partial charge is 0.193 e. The van der Waals surface area contributed by atoms with Crippen LogP contribution in [0.5, 0.6) is 0 Å². The van der Waals surface area contributed by atoms with Crippen molar-refractivity contribution >= 4 is 8.32 Å². The second-order valence-corrected chi connectivity index (χ2v) is 10.2.